The van der Waals surface area contributed by atoms with Crippen molar-refractivity contribution in [1.29, 1.82) is 0 Å². The molecule has 0 bridgehead atoms. The second-order valence-corrected chi connectivity index (χ2v) is 4.19. The van der Waals surface area contributed by atoms with Crippen LogP contribution in [0.2, 0.25) is 0 Å². The number of alkyl halides is 2. The molecule has 0 saturated carbocycles. The van der Waals surface area contributed by atoms with E-state index in [4.69, 9.17) is 9.47 Å². The monoisotopic (exact) mass is 271 g/mol. The van der Waals surface area contributed by atoms with Gasteiger partial charge in [-0.1, -0.05) is 6.92 Å². The van der Waals surface area contributed by atoms with E-state index in [0.717, 1.165) is 0 Å². The summed E-state index contributed by atoms with van der Waals surface area (Å²) in [6.07, 6.45) is -2.03. The van der Waals surface area contributed by atoms with Gasteiger partial charge in [-0.2, -0.15) is 0 Å². The molecule has 1 heterocycles. The molecule has 1 aromatic carbocycles. The molecule has 104 valence electrons. The van der Waals surface area contributed by atoms with Crippen LogP contribution in [0.5, 0.6) is 11.5 Å². The zero-order valence-corrected chi connectivity index (χ0v) is 10.5. The summed E-state index contributed by atoms with van der Waals surface area (Å²) in [4.78, 5) is 12.2. The lowest BCUT2D eigenvalue weighted by molar-refractivity contribution is 0.0914. The van der Waals surface area contributed by atoms with Crippen LogP contribution in [0.1, 0.15) is 23.7 Å². The van der Waals surface area contributed by atoms with E-state index in [0.29, 0.717) is 23.5 Å². The number of nitrogens with one attached hydrogen (secondary N) is 1. The van der Waals surface area contributed by atoms with Crippen molar-refractivity contribution < 1.29 is 23.0 Å². The first-order valence-corrected chi connectivity index (χ1v) is 6.07. The Morgan fingerprint density at radius 2 is 2.11 bits per heavy atom. The lowest BCUT2D eigenvalue weighted by Crippen LogP contribution is -2.38. The topological polar surface area (TPSA) is 47.6 Å². The van der Waals surface area contributed by atoms with Crippen molar-refractivity contribution in [2.24, 2.45) is 0 Å². The number of carbonyl (C=O) groups excluding carboxylic acids is 1. The average Bonchev–Trinajstić information content (AvgIpc) is 2.85. The lowest BCUT2D eigenvalue weighted by atomic mass is 10.0. The molecule has 0 radical (unpaired) electrons. The van der Waals surface area contributed by atoms with E-state index in [1.807, 2.05) is 0 Å². The van der Waals surface area contributed by atoms with Gasteiger partial charge in [0.1, 0.15) is 0 Å². The number of ether oxygens (including phenoxy) is 2. The maximum Gasteiger partial charge on any atom is 0.250 e. The summed E-state index contributed by atoms with van der Waals surface area (Å²) in [6, 6.07) is 4.23. The molecule has 0 fully saturated rings. The van der Waals surface area contributed by atoms with Gasteiger partial charge in [-0.05, 0) is 24.6 Å². The second kappa shape index (κ2) is 5.97. The summed E-state index contributed by atoms with van der Waals surface area (Å²) < 4.78 is 34.7. The van der Waals surface area contributed by atoms with Crippen molar-refractivity contribution in [1.82, 2.24) is 5.32 Å². The van der Waals surface area contributed by atoms with Gasteiger partial charge in [0.2, 0.25) is 6.79 Å². The minimum atomic E-state index is -2.47. The number of hydrogen-bond donors (Lipinski definition) is 1. The van der Waals surface area contributed by atoms with E-state index in [1.54, 1.807) is 25.1 Å². The van der Waals surface area contributed by atoms with Crippen LogP contribution >= 0.6 is 0 Å². The predicted molar refractivity (Wildman–Crippen MR) is 65.0 cm³/mol. The quantitative estimate of drug-likeness (QED) is 0.806. The van der Waals surface area contributed by atoms with Crippen LogP contribution in [-0.4, -0.2) is 31.6 Å². The molecule has 0 saturated heterocycles. The van der Waals surface area contributed by atoms with Crippen LogP contribution in [0.3, 0.4) is 0 Å². The fourth-order valence-electron chi connectivity index (χ4n) is 1.90. The Morgan fingerprint density at radius 3 is 2.79 bits per heavy atom. The summed E-state index contributed by atoms with van der Waals surface area (Å²) >= 11 is 0. The molecule has 19 heavy (non-hydrogen) atoms. The van der Waals surface area contributed by atoms with E-state index in [-0.39, 0.29) is 12.6 Å². The van der Waals surface area contributed by atoms with Crippen LogP contribution in [0, 0.1) is 0 Å². The third kappa shape index (κ3) is 3.20. The highest BCUT2D eigenvalue weighted by Crippen LogP contribution is 2.32. The molecule has 0 aliphatic carbocycles. The van der Waals surface area contributed by atoms with E-state index < -0.39 is 19.0 Å². The number of rotatable bonds is 6. The van der Waals surface area contributed by atoms with E-state index >= 15 is 0 Å². The van der Waals surface area contributed by atoms with E-state index in [9.17, 15) is 13.6 Å². The summed E-state index contributed by atoms with van der Waals surface area (Å²) in [6.45, 7) is 1.41. The highest BCUT2D eigenvalue weighted by molar-refractivity contribution is 6.00. The number of benzene rings is 1. The molecule has 1 unspecified atom stereocenters. The second-order valence-electron chi connectivity index (χ2n) is 4.19. The normalized spacial score (nSPS) is 14.7. The minimum Gasteiger partial charge on any atom is -0.454 e. The predicted octanol–water partition coefficient (Wildman–Crippen LogP) is 2.23. The Hall–Kier alpha value is -1.69. The van der Waals surface area contributed by atoms with Crippen molar-refractivity contribution >= 4 is 5.78 Å². The molecule has 2 rings (SSSR count). The first kappa shape index (κ1) is 13.7. The van der Waals surface area contributed by atoms with Crippen molar-refractivity contribution in [3.63, 3.8) is 0 Å². The summed E-state index contributed by atoms with van der Waals surface area (Å²) in [5.74, 6) is 0.876. The van der Waals surface area contributed by atoms with Crippen LogP contribution in [-0.2, 0) is 0 Å². The molecule has 1 N–H and O–H groups in total. The molecule has 1 aliphatic rings. The Kier molecular flexibility index (Phi) is 4.31. The Balaban J connectivity index is 2.09. The molecule has 0 amide bonds. The van der Waals surface area contributed by atoms with Crippen LogP contribution < -0.4 is 14.8 Å². The highest BCUT2D eigenvalue weighted by Gasteiger charge is 2.22. The zero-order chi connectivity index (χ0) is 13.8. The summed E-state index contributed by atoms with van der Waals surface area (Å²) in [5, 5.41) is 2.56. The number of fused-ring (bicyclic) bond motifs is 1. The van der Waals surface area contributed by atoms with Crippen molar-refractivity contribution in [2.45, 2.75) is 25.8 Å². The van der Waals surface area contributed by atoms with E-state index in [1.165, 1.54) is 0 Å². The first-order valence-electron chi connectivity index (χ1n) is 6.07. The molecule has 0 spiro atoms. The van der Waals surface area contributed by atoms with Gasteiger partial charge in [-0.25, -0.2) is 8.78 Å². The Morgan fingerprint density at radius 1 is 1.37 bits per heavy atom. The third-order valence-corrected chi connectivity index (χ3v) is 2.90. The number of carbonyl (C=O) groups is 1. The SMILES string of the molecule is CCC(NCC(F)F)C(=O)c1ccc2c(c1)OCO2. The van der Waals surface area contributed by atoms with Crippen molar-refractivity contribution in [3.8, 4) is 11.5 Å². The molecular formula is C13H15F2NO3. The zero-order valence-electron chi connectivity index (χ0n) is 10.5. The van der Waals surface area contributed by atoms with Crippen molar-refractivity contribution in [2.75, 3.05) is 13.3 Å². The molecule has 1 atom stereocenters. The average molecular weight is 271 g/mol. The van der Waals surface area contributed by atoms with Crippen LogP contribution in [0.25, 0.3) is 0 Å². The maximum absolute atomic E-state index is 12.2. The van der Waals surface area contributed by atoms with E-state index in [2.05, 4.69) is 5.32 Å². The number of halogens is 2. The van der Waals surface area contributed by atoms with Gasteiger partial charge in [-0.15, -0.1) is 0 Å². The number of hydrogen-bond acceptors (Lipinski definition) is 4. The fourth-order valence-corrected chi connectivity index (χ4v) is 1.90. The van der Waals surface area contributed by atoms with Crippen molar-refractivity contribution in [3.05, 3.63) is 23.8 Å². The number of Topliss-reactive ketones (excluding diaryl/α,β-unsaturated/α-hetero) is 1. The third-order valence-electron chi connectivity index (χ3n) is 2.90. The minimum absolute atomic E-state index is 0.133. The van der Waals surface area contributed by atoms with Gasteiger partial charge in [-0.3, -0.25) is 4.79 Å². The maximum atomic E-state index is 12.2. The largest absolute Gasteiger partial charge is 0.454 e. The molecule has 0 aromatic heterocycles. The van der Waals surface area contributed by atoms with Crippen LogP contribution in [0.4, 0.5) is 8.78 Å². The molecular weight excluding hydrogens is 256 g/mol. The molecule has 1 aliphatic heterocycles. The van der Waals surface area contributed by atoms with Gasteiger partial charge >= 0.3 is 0 Å². The molecule has 1 aromatic rings. The van der Waals surface area contributed by atoms with Gasteiger partial charge < -0.3 is 14.8 Å². The van der Waals surface area contributed by atoms with Gasteiger partial charge in [0, 0.05) is 5.56 Å². The standard InChI is InChI=1S/C13H15F2NO3/c1-2-9(16-6-12(14)15)13(17)8-3-4-10-11(5-8)19-7-18-10/h3-5,9,12,16H,2,6-7H2,1H3. The summed E-state index contributed by atoms with van der Waals surface area (Å²) in [7, 11) is 0. The van der Waals surface area contributed by atoms with Gasteiger partial charge in [0.15, 0.2) is 17.3 Å². The fraction of sp³-hybridized carbons (Fsp3) is 0.462. The Bertz CT molecular complexity index is 465. The number of ketones is 1. The first-order chi connectivity index (χ1) is 9.11. The molecule has 4 nitrogen and oxygen atoms in total. The summed E-state index contributed by atoms with van der Waals surface area (Å²) in [5.41, 5.74) is 0.429. The van der Waals surface area contributed by atoms with Crippen LogP contribution in [0.15, 0.2) is 18.2 Å². The Labute approximate surface area is 109 Å². The van der Waals surface area contributed by atoms with Gasteiger partial charge in [0.25, 0.3) is 6.43 Å². The lowest BCUT2D eigenvalue weighted by Gasteiger charge is -2.15. The molecule has 6 heteroatoms. The smallest absolute Gasteiger partial charge is 0.250 e. The van der Waals surface area contributed by atoms with Gasteiger partial charge in [0.05, 0.1) is 12.6 Å². The highest BCUT2D eigenvalue weighted by atomic mass is 19.3.